The number of rotatable bonds is 7. The maximum Gasteiger partial charge on any atom is 0.300 e. The standard InChI is InChI=1S/C28H27NO6/c1-5-35-21-12-9-18(10-13-21)25-24(26(30)19-11-14-22(33-3)23(16-19)34-4)27(31)28(32)29(25)20-8-6-7-17(2)15-20/h6-16,25,30H,5H2,1-4H3/b26-24-. The molecule has 0 saturated carbocycles. The number of hydrogen-bond donors (Lipinski definition) is 1. The van der Waals surface area contributed by atoms with E-state index in [1.165, 1.54) is 19.1 Å². The lowest BCUT2D eigenvalue weighted by molar-refractivity contribution is -0.132. The van der Waals surface area contributed by atoms with Crippen molar-refractivity contribution >= 4 is 23.1 Å². The van der Waals surface area contributed by atoms with E-state index in [0.717, 1.165) is 5.56 Å². The van der Waals surface area contributed by atoms with Crippen LogP contribution in [0, 0.1) is 6.92 Å². The highest BCUT2D eigenvalue weighted by molar-refractivity contribution is 6.51. The third kappa shape index (κ3) is 4.45. The second-order valence-electron chi connectivity index (χ2n) is 8.08. The Morgan fingerprint density at radius 2 is 1.66 bits per heavy atom. The first-order chi connectivity index (χ1) is 16.9. The van der Waals surface area contributed by atoms with E-state index in [2.05, 4.69) is 0 Å². The van der Waals surface area contributed by atoms with E-state index in [1.54, 1.807) is 48.5 Å². The molecule has 1 aliphatic rings. The van der Waals surface area contributed by atoms with Crippen molar-refractivity contribution in [1.29, 1.82) is 0 Å². The van der Waals surface area contributed by atoms with Gasteiger partial charge in [-0.2, -0.15) is 0 Å². The maximum absolute atomic E-state index is 13.3. The number of anilines is 1. The first kappa shape index (κ1) is 23.9. The Morgan fingerprint density at radius 1 is 0.943 bits per heavy atom. The zero-order chi connectivity index (χ0) is 25.1. The van der Waals surface area contributed by atoms with Crippen molar-refractivity contribution in [3.05, 3.63) is 89.0 Å². The van der Waals surface area contributed by atoms with Crippen molar-refractivity contribution in [3.63, 3.8) is 0 Å². The Bertz CT molecular complexity index is 1300. The molecular formula is C28H27NO6. The van der Waals surface area contributed by atoms with Crippen LogP contribution in [0.25, 0.3) is 5.76 Å². The van der Waals surface area contributed by atoms with Crippen LogP contribution in [0.4, 0.5) is 5.69 Å². The normalized spacial score (nSPS) is 16.9. The molecule has 1 unspecified atom stereocenters. The van der Waals surface area contributed by atoms with E-state index in [4.69, 9.17) is 14.2 Å². The van der Waals surface area contributed by atoms with Gasteiger partial charge in [0.1, 0.15) is 11.5 Å². The summed E-state index contributed by atoms with van der Waals surface area (Å²) in [5.74, 6) is -0.231. The highest BCUT2D eigenvalue weighted by atomic mass is 16.5. The van der Waals surface area contributed by atoms with Crippen LogP contribution in [-0.2, 0) is 9.59 Å². The van der Waals surface area contributed by atoms with Crippen molar-refractivity contribution in [2.45, 2.75) is 19.9 Å². The Kier molecular flexibility index (Phi) is 6.78. The highest BCUT2D eigenvalue weighted by Gasteiger charge is 2.47. The summed E-state index contributed by atoms with van der Waals surface area (Å²) in [6.07, 6.45) is 0. The van der Waals surface area contributed by atoms with Crippen LogP contribution < -0.4 is 19.1 Å². The molecule has 7 heteroatoms. The summed E-state index contributed by atoms with van der Waals surface area (Å²) in [6.45, 7) is 4.32. The largest absolute Gasteiger partial charge is 0.507 e. The molecule has 1 heterocycles. The fraction of sp³-hybridized carbons (Fsp3) is 0.214. The molecule has 0 aliphatic carbocycles. The minimum absolute atomic E-state index is 0.00659. The molecule has 1 atom stereocenters. The number of Topliss-reactive ketones (excluding diaryl/α,β-unsaturated/α-hetero) is 1. The number of methoxy groups -OCH3 is 2. The lowest BCUT2D eigenvalue weighted by atomic mass is 9.95. The fourth-order valence-electron chi connectivity index (χ4n) is 4.24. The molecule has 7 nitrogen and oxygen atoms in total. The average molecular weight is 474 g/mol. The molecule has 0 spiro atoms. The predicted octanol–water partition coefficient (Wildman–Crippen LogP) is 5.04. The molecular weight excluding hydrogens is 446 g/mol. The highest BCUT2D eigenvalue weighted by Crippen LogP contribution is 2.43. The lowest BCUT2D eigenvalue weighted by Crippen LogP contribution is -2.29. The summed E-state index contributed by atoms with van der Waals surface area (Å²) in [4.78, 5) is 28.1. The van der Waals surface area contributed by atoms with Gasteiger partial charge in [0.05, 0.1) is 32.4 Å². The Morgan fingerprint density at radius 3 is 2.29 bits per heavy atom. The van der Waals surface area contributed by atoms with Crippen molar-refractivity contribution in [2.75, 3.05) is 25.7 Å². The second kappa shape index (κ2) is 9.93. The molecule has 0 radical (unpaired) electrons. The number of hydrogen-bond acceptors (Lipinski definition) is 6. The second-order valence-corrected chi connectivity index (χ2v) is 8.08. The van der Waals surface area contributed by atoms with Crippen molar-refractivity contribution in [1.82, 2.24) is 0 Å². The number of carbonyl (C=O) groups is 2. The molecule has 1 fully saturated rings. The molecule has 3 aromatic rings. The third-order valence-electron chi connectivity index (χ3n) is 5.89. The molecule has 0 bridgehead atoms. The van der Waals surface area contributed by atoms with Gasteiger partial charge in [-0.3, -0.25) is 14.5 Å². The summed E-state index contributed by atoms with van der Waals surface area (Å²) in [5.41, 5.74) is 2.50. The van der Waals surface area contributed by atoms with Gasteiger partial charge in [0, 0.05) is 11.3 Å². The topological polar surface area (TPSA) is 85.3 Å². The van der Waals surface area contributed by atoms with Gasteiger partial charge in [-0.25, -0.2) is 0 Å². The summed E-state index contributed by atoms with van der Waals surface area (Å²) < 4.78 is 16.2. The number of benzene rings is 3. The first-order valence-electron chi connectivity index (χ1n) is 11.2. The van der Waals surface area contributed by atoms with Crippen LogP contribution in [0.1, 0.15) is 29.7 Å². The molecule has 3 aromatic carbocycles. The van der Waals surface area contributed by atoms with Crippen LogP contribution in [0.5, 0.6) is 17.2 Å². The monoisotopic (exact) mass is 473 g/mol. The zero-order valence-electron chi connectivity index (χ0n) is 20.1. The van der Waals surface area contributed by atoms with Gasteiger partial charge in [-0.1, -0.05) is 24.3 Å². The smallest absolute Gasteiger partial charge is 0.300 e. The van der Waals surface area contributed by atoms with Crippen molar-refractivity contribution < 1.29 is 28.9 Å². The molecule has 35 heavy (non-hydrogen) atoms. The zero-order valence-corrected chi connectivity index (χ0v) is 20.1. The van der Waals surface area contributed by atoms with Gasteiger partial charge in [0.25, 0.3) is 11.7 Å². The van der Waals surface area contributed by atoms with Crippen LogP contribution >= 0.6 is 0 Å². The molecule has 1 amide bonds. The van der Waals surface area contributed by atoms with Crippen LogP contribution in [0.15, 0.2) is 72.3 Å². The van der Waals surface area contributed by atoms with Gasteiger partial charge in [0.15, 0.2) is 11.5 Å². The summed E-state index contributed by atoms with van der Waals surface area (Å²) in [7, 11) is 2.99. The lowest BCUT2D eigenvalue weighted by Gasteiger charge is -2.26. The van der Waals surface area contributed by atoms with E-state index in [9.17, 15) is 14.7 Å². The Balaban J connectivity index is 1.91. The van der Waals surface area contributed by atoms with E-state index in [-0.39, 0.29) is 11.3 Å². The first-order valence-corrected chi connectivity index (χ1v) is 11.2. The van der Waals surface area contributed by atoms with Gasteiger partial charge < -0.3 is 19.3 Å². The minimum Gasteiger partial charge on any atom is -0.507 e. The van der Waals surface area contributed by atoms with Crippen molar-refractivity contribution in [2.24, 2.45) is 0 Å². The Labute approximate surface area is 204 Å². The van der Waals surface area contributed by atoms with Crippen molar-refractivity contribution in [3.8, 4) is 17.2 Å². The molecule has 1 aliphatic heterocycles. The summed E-state index contributed by atoms with van der Waals surface area (Å²) in [5, 5.41) is 11.3. The summed E-state index contributed by atoms with van der Waals surface area (Å²) in [6, 6.07) is 18.5. The number of ether oxygens (including phenoxy) is 3. The SMILES string of the molecule is CCOc1ccc(C2/C(=C(/O)c3ccc(OC)c(OC)c3)C(=O)C(=O)N2c2cccc(C)c2)cc1. The maximum atomic E-state index is 13.3. The van der Waals surface area contributed by atoms with E-state index in [1.807, 2.05) is 32.0 Å². The fourth-order valence-corrected chi connectivity index (χ4v) is 4.24. The van der Waals surface area contributed by atoms with Crippen LogP contribution in [0.3, 0.4) is 0 Å². The molecule has 4 rings (SSSR count). The number of ketones is 1. The number of amides is 1. The van der Waals surface area contributed by atoms with Gasteiger partial charge in [-0.15, -0.1) is 0 Å². The minimum atomic E-state index is -0.833. The molecule has 1 N–H and O–H groups in total. The predicted molar refractivity (Wildman–Crippen MR) is 133 cm³/mol. The number of aliphatic hydroxyl groups is 1. The van der Waals surface area contributed by atoms with Gasteiger partial charge in [-0.05, 0) is 67.4 Å². The quantitative estimate of drug-likeness (QED) is 0.294. The van der Waals surface area contributed by atoms with Crippen LogP contribution in [0.2, 0.25) is 0 Å². The van der Waals surface area contributed by atoms with E-state index < -0.39 is 17.7 Å². The number of carbonyl (C=O) groups excluding carboxylic acids is 2. The number of aliphatic hydroxyl groups excluding tert-OH is 1. The van der Waals surface area contributed by atoms with Gasteiger partial charge >= 0.3 is 0 Å². The third-order valence-corrected chi connectivity index (χ3v) is 5.89. The number of aryl methyl sites for hydroxylation is 1. The number of nitrogens with zero attached hydrogens (tertiary/aromatic N) is 1. The Hall–Kier alpha value is -4.26. The van der Waals surface area contributed by atoms with Crippen LogP contribution in [-0.4, -0.2) is 37.6 Å². The summed E-state index contributed by atoms with van der Waals surface area (Å²) >= 11 is 0. The average Bonchev–Trinajstić information content (AvgIpc) is 3.14. The molecule has 0 aromatic heterocycles. The molecule has 180 valence electrons. The van der Waals surface area contributed by atoms with E-state index >= 15 is 0 Å². The van der Waals surface area contributed by atoms with E-state index in [0.29, 0.717) is 40.7 Å². The molecule has 1 saturated heterocycles. The van der Waals surface area contributed by atoms with Gasteiger partial charge in [0.2, 0.25) is 0 Å².